The fourth-order valence-electron chi connectivity index (χ4n) is 1.21. The maximum Gasteiger partial charge on any atom is 0.125 e. The Balaban J connectivity index is 2.65. The predicted octanol–water partition coefficient (Wildman–Crippen LogP) is 2.35. The van der Waals surface area contributed by atoms with Gasteiger partial charge in [0.2, 0.25) is 0 Å². The zero-order chi connectivity index (χ0) is 10.7. The van der Waals surface area contributed by atoms with E-state index in [0.717, 1.165) is 0 Å². The van der Waals surface area contributed by atoms with E-state index in [1.165, 1.54) is 11.3 Å². The number of thiazole rings is 1. The lowest BCUT2D eigenvalue weighted by molar-refractivity contribution is 1.39. The molecule has 0 N–H and O–H groups in total. The number of benzene rings is 1. The molecular weight excluding hydrogens is 206 g/mol. The van der Waals surface area contributed by atoms with Crippen molar-refractivity contribution in [3.63, 3.8) is 0 Å². The Hall–Kier alpha value is -2.17. The van der Waals surface area contributed by atoms with Gasteiger partial charge in [0, 0.05) is 11.8 Å². The molecule has 1 aromatic heterocycles. The van der Waals surface area contributed by atoms with Gasteiger partial charge in [-0.05, 0) is 18.2 Å². The van der Waals surface area contributed by atoms with E-state index in [0.29, 0.717) is 21.7 Å². The Labute approximate surface area is 90.9 Å². The number of hydrogen-bond donors (Lipinski definition) is 0. The standard InChI is InChI=1S/C11H4N3S/c12-6-8-1-2-9(7-13)10(5-8)11-14-3-4-15-11/h1-3,5H. The van der Waals surface area contributed by atoms with Crippen LogP contribution in [0.15, 0.2) is 24.4 Å². The lowest BCUT2D eigenvalue weighted by Crippen LogP contribution is -1.85. The molecule has 2 rings (SSSR count). The number of rotatable bonds is 1. The van der Waals surface area contributed by atoms with Crippen LogP contribution >= 0.6 is 11.3 Å². The monoisotopic (exact) mass is 210 g/mol. The van der Waals surface area contributed by atoms with Crippen molar-refractivity contribution in [2.45, 2.75) is 0 Å². The fraction of sp³-hybridized carbons (Fsp3) is 0. The molecule has 2 aromatic rings. The molecule has 0 unspecified atom stereocenters. The highest BCUT2D eigenvalue weighted by Gasteiger charge is 2.08. The average Bonchev–Trinajstić information content (AvgIpc) is 2.81. The largest absolute Gasteiger partial charge is 0.244 e. The highest BCUT2D eigenvalue weighted by molar-refractivity contribution is 7.12. The van der Waals surface area contributed by atoms with Crippen molar-refractivity contribution in [1.82, 2.24) is 4.98 Å². The van der Waals surface area contributed by atoms with Crippen LogP contribution in [0.2, 0.25) is 0 Å². The molecule has 1 radical (unpaired) electrons. The van der Waals surface area contributed by atoms with Crippen LogP contribution in [0.1, 0.15) is 11.1 Å². The topological polar surface area (TPSA) is 60.5 Å². The highest BCUT2D eigenvalue weighted by Crippen LogP contribution is 2.25. The maximum atomic E-state index is 8.91. The lowest BCUT2D eigenvalue weighted by atomic mass is 10.1. The van der Waals surface area contributed by atoms with Crippen LogP contribution in [0.4, 0.5) is 0 Å². The fourth-order valence-corrected chi connectivity index (χ4v) is 1.81. The van der Waals surface area contributed by atoms with E-state index in [1.54, 1.807) is 24.4 Å². The van der Waals surface area contributed by atoms with E-state index in [1.807, 2.05) is 6.07 Å². The van der Waals surface area contributed by atoms with Gasteiger partial charge in [-0.3, -0.25) is 0 Å². The summed E-state index contributed by atoms with van der Waals surface area (Å²) in [7, 11) is 0. The minimum Gasteiger partial charge on any atom is -0.244 e. The Kier molecular flexibility index (Phi) is 2.45. The second-order valence-corrected chi connectivity index (χ2v) is 3.59. The quantitative estimate of drug-likeness (QED) is 0.725. The van der Waals surface area contributed by atoms with E-state index >= 15 is 0 Å². The molecule has 15 heavy (non-hydrogen) atoms. The minimum atomic E-state index is 0.525. The summed E-state index contributed by atoms with van der Waals surface area (Å²) in [5.41, 5.74) is 1.75. The molecule has 1 aromatic carbocycles. The second-order valence-electron chi connectivity index (χ2n) is 2.77. The smallest absolute Gasteiger partial charge is 0.125 e. The van der Waals surface area contributed by atoms with Gasteiger partial charge in [0.1, 0.15) is 5.01 Å². The molecule has 0 atom stereocenters. The Bertz CT molecular complexity index is 559. The van der Waals surface area contributed by atoms with Gasteiger partial charge in [0.25, 0.3) is 0 Å². The average molecular weight is 210 g/mol. The molecule has 0 aliphatic rings. The summed E-state index contributed by atoms with van der Waals surface area (Å²) in [5, 5.41) is 21.2. The molecule has 0 amide bonds. The Morgan fingerprint density at radius 2 is 2.13 bits per heavy atom. The van der Waals surface area contributed by atoms with Crippen LogP contribution in [0, 0.1) is 28.0 Å². The van der Waals surface area contributed by atoms with Crippen molar-refractivity contribution < 1.29 is 0 Å². The maximum absolute atomic E-state index is 8.91. The highest BCUT2D eigenvalue weighted by atomic mass is 32.1. The molecule has 0 aliphatic carbocycles. The van der Waals surface area contributed by atoms with Gasteiger partial charge < -0.3 is 0 Å². The molecule has 0 fully saturated rings. The normalized spacial score (nSPS) is 9.20. The van der Waals surface area contributed by atoms with Crippen LogP contribution < -0.4 is 0 Å². The molecule has 0 saturated carbocycles. The summed E-state index contributed by atoms with van der Waals surface area (Å²) < 4.78 is 0. The number of aromatic nitrogens is 1. The number of hydrogen-bond acceptors (Lipinski definition) is 4. The third-order valence-electron chi connectivity index (χ3n) is 1.89. The van der Waals surface area contributed by atoms with E-state index < -0.39 is 0 Å². The van der Waals surface area contributed by atoms with Crippen LogP contribution in [0.5, 0.6) is 0 Å². The predicted molar refractivity (Wildman–Crippen MR) is 55.8 cm³/mol. The van der Waals surface area contributed by atoms with Crippen molar-refractivity contribution in [3.05, 3.63) is 40.9 Å². The summed E-state index contributed by atoms with van der Waals surface area (Å²) in [4.78, 5) is 4.07. The molecule has 0 spiro atoms. The van der Waals surface area contributed by atoms with Gasteiger partial charge in [0.15, 0.2) is 0 Å². The number of nitriles is 2. The molecular formula is C11H4N3S. The van der Waals surface area contributed by atoms with E-state index in [9.17, 15) is 0 Å². The molecule has 0 aliphatic heterocycles. The summed E-state index contributed by atoms with van der Waals surface area (Å²) in [6, 6.07) is 9.05. The summed E-state index contributed by atoms with van der Waals surface area (Å²) in [6.07, 6.45) is 1.56. The van der Waals surface area contributed by atoms with Crippen LogP contribution in [-0.2, 0) is 0 Å². The van der Waals surface area contributed by atoms with Gasteiger partial charge >= 0.3 is 0 Å². The Morgan fingerprint density at radius 3 is 2.73 bits per heavy atom. The van der Waals surface area contributed by atoms with Crippen LogP contribution in [-0.4, -0.2) is 4.98 Å². The van der Waals surface area contributed by atoms with Gasteiger partial charge in [-0.25, -0.2) is 4.98 Å². The molecule has 3 nitrogen and oxygen atoms in total. The first-order chi connectivity index (χ1) is 7.35. The first-order valence-electron chi connectivity index (χ1n) is 4.11. The van der Waals surface area contributed by atoms with Gasteiger partial charge in [-0.15, -0.1) is 11.3 Å². The van der Waals surface area contributed by atoms with Gasteiger partial charge in [-0.1, -0.05) is 0 Å². The van der Waals surface area contributed by atoms with E-state index in [4.69, 9.17) is 10.5 Å². The molecule has 1 heterocycles. The van der Waals surface area contributed by atoms with Gasteiger partial charge in [-0.2, -0.15) is 10.5 Å². The third kappa shape index (κ3) is 1.71. The zero-order valence-corrected chi connectivity index (χ0v) is 8.38. The van der Waals surface area contributed by atoms with Crippen molar-refractivity contribution in [2.75, 3.05) is 0 Å². The summed E-state index contributed by atoms with van der Waals surface area (Å²) >= 11 is 1.33. The lowest BCUT2D eigenvalue weighted by Gasteiger charge is -1.99. The van der Waals surface area contributed by atoms with Crippen molar-refractivity contribution >= 4 is 11.3 Å². The van der Waals surface area contributed by atoms with Gasteiger partial charge in [0.05, 0.1) is 28.6 Å². The van der Waals surface area contributed by atoms with E-state index in [-0.39, 0.29) is 0 Å². The summed E-state index contributed by atoms with van der Waals surface area (Å²) in [6.45, 7) is 0. The molecule has 4 heteroatoms. The SMILES string of the molecule is N#Cc1ccc(C#N)c(-c2nc[c]s2)c1. The molecule has 0 saturated heterocycles. The molecule has 0 bridgehead atoms. The first-order valence-corrected chi connectivity index (χ1v) is 4.93. The number of nitrogens with zero attached hydrogens (tertiary/aromatic N) is 3. The van der Waals surface area contributed by atoms with Crippen molar-refractivity contribution in [2.24, 2.45) is 0 Å². The minimum absolute atomic E-state index is 0.525. The van der Waals surface area contributed by atoms with Crippen molar-refractivity contribution in [1.29, 1.82) is 10.5 Å². The molecule has 69 valence electrons. The van der Waals surface area contributed by atoms with Crippen molar-refractivity contribution in [3.8, 4) is 22.7 Å². The zero-order valence-electron chi connectivity index (χ0n) is 7.56. The first kappa shape index (κ1) is 9.39. The van der Waals surface area contributed by atoms with E-state index in [2.05, 4.69) is 16.4 Å². The summed E-state index contributed by atoms with van der Waals surface area (Å²) in [5.74, 6) is 0. The Morgan fingerprint density at radius 1 is 1.27 bits per heavy atom. The third-order valence-corrected chi connectivity index (χ3v) is 2.63. The van der Waals surface area contributed by atoms with Crippen LogP contribution in [0.25, 0.3) is 10.6 Å². The second kappa shape index (κ2) is 3.91. The van der Waals surface area contributed by atoms with Crippen LogP contribution in [0.3, 0.4) is 0 Å².